The summed E-state index contributed by atoms with van der Waals surface area (Å²) in [7, 11) is -3.94. The number of nitrogens with zero attached hydrogens (tertiary/aromatic N) is 2. The van der Waals surface area contributed by atoms with Gasteiger partial charge in [0.15, 0.2) is 0 Å². The summed E-state index contributed by atoms with van der Waals surface area (Å²) in [4.78, 5) is 13.2. The zero-order chi connectivity index (χ0) is 15.9. The van der Waals surface area contributed by atoms with Gasteiger partial charge in [-0.05, 0) is 30.9 Å². The Hall–Kier alpha value is -1.36. The molecule has 3 rings (SSSR count). The molecule has 0 aliphatic rings. The largest absolute Gasteiger partial charge is 0.293 e. The smallest absolute Gasteiger partial charge is 0.274 e. The van der Waals surface area contributed by atoms with Gasteiger partial charge in [0.2, 0.25) is 5.91 Å². The molecule has 1 N–H and O–H groups in total. The van der Waals surface area contributed by atoms with Gasteiger partial charge in [-0.15, -0.1) is 32.9 Å². The van der Waals surface area contributed by atoms with E-state index in [2.05, 4.69) is 16.3 Å². The van der Waals surface area contributed by atoms with Crippen LogP contribution in [0.5, 0.6) is 0 Å². The monoisotopic (exact) mass is 373 g/mol. The Morgan fingerprint density at radius 1 is 1.27 bits per heavy atom. The molecule has 0 aliphatic carbocycles. The summed E-state index contributed by atoms with van der Waals surface area (Å²) in [5, 5.41) is 9.63. The van der Waals surface area contributed by atoms with Gasteiger partial charge in [0.25, 0.3) is 14.4 Å². The lowest BCUT2D eigenvalue weighted by molar-refractivity contribution is -0.118. The van der Waals surface area contributed by atoms with Gasteiger partial charge in [-0.25, -0.2) is 4.72 Å². The Morgan fingerprint density at radius 2 is 2.05 bits per heavy atom. The fourth-order valence-electron chi connectivity index (χ4n) is 1.90. The van der Waals surface area contributed by atoms with E-state index in [1.165, 1.54) is 4.88 Å². The van der Waals surface area contributed by atoms with Crippen LogP contribution in [0.15, 0.2) is 15.8 Å². The average Bonchev–Trinajstić information content (AvgIpc) is 3.07. The van der Waals surface area contributed by atoms with Crippen molar-refractivity contribution >= 4 is 59.3 Å². The molecule has 3 aromatic rings. The molecule has 0 radical (unpaired) electrons. The van der Waals surface area contributed by atoms with Crippen molar-refractivity contribution in [2.75, 3.05) is 0 Å². The van der Waals surface area contributed by atoms with E-state index in [1.807, 2.05) is 17.0 Å². The highest BCUT2D eigenvalue weighted by molar-refractivity contribution is 7.92. The van der Waals surface area contributed by atoms with E-state index in [1.54, 1.807) is 29.6 Å². The van der Waals surface area contributed by atoms with Crippen LogP contribution in [0.25, 0.3) is 9.40 Å². The molecular formula is C12H11N3O3S4. The first kappa shape index (κ1) is 15.5. The molecule has 6 nitrogen and oxygen atoms in total. The average molecular weight is 374 g/mol. The van der Waals surface area contributed by atoms with E-state index in [0.717, 1.165) is 26.3 Å². The first-order valence-corrected chi connectivity index (χ1v) is 10.2. The van der Waals surface area contributed by atoms with Crippen LogP contribution in [0.4, 0.5) is 0 Å². The molecule has 0 fully saturated rings. The second-order valence-electron chi connectivity index (χ2n) is 4.60. The third-order valence-corrected chi connectivity index (χ3v) is 7.59. The highest BCUT2D eigenvalue weighted by atomic mass is 32.2. The summed E-state index contributed by atoms with van der Waals surface area (Å²) in [6.45, 7) is 3.66. The third-order valence-electron chi connectivity index (χ3n) is 2.78. The van der Waals surface area contributed by atoms with Crippen LogP contribution < -0.4 is 4.72 Å². The zero-order valence-corrected chi connectivity index (χ0v) is 14.9. The molecule has 0 spiro atoms. The van der Waals surface area contributed by atoms with Gasteiger partial charge in [0, 0.05) is 14.3 Å². The SMILES string of the molecule is Cc1cc2scc(CC(=O)NS(=O)(=O)c3nnc(C)s3)c2s1. The Morgan fingerprint density at radius 3 is 2.73 bits per heavy atom. The van der Waals surface area contributed by atoms with E-state index in [4.69, 9.17) is 0 Å². The molecule has 1 amide bonds. The van der Waals surface area contributed by atoms with Crippen LogP contribution in [0.2, 0.25) is 0 Å². The number of rotatable bonds is 4. The Kier molecular flexibility index (Phi) is 4.02. The van der Waals surface area contributed by atoms with Crippen LogP contribution in [0, 0.1) is 13.8 Å². The predicted octanol–water partition coefficient (Wildman–Crippen LogP) is 2.48. The number of amides is 1. The number of aromatic nitrogens is 2. The van der Waals surface area contributed by atoms with Crippen molar-refractivity contribution in [1.82, 2.24) is 14.9 Å². The summed E-state index contributed by atoms with van der Waals surface area (Å²) in [5.41, 5.74) is 0.847. The molecule has 3 heterocycles. The number of thiophene rings is 2. The van der Waals surface area contributed by atoms with Gasteiger partial charge in [-0.1, -0.05) is 11.3 Å². The van der Waals surface area contributed by atoms with E-state index < -0.39 is 15.9 Å². The van der Waals surface area contributed by atoms with Crippen molar-refractivity contribution in [3.8, 4) is 0 Å². The van der Waals surface area contributed by atoms with Crippen LogP contribution in [0.1, 0.15) is 15.4 Å². The van der Waals surface area contributed by atoms with E-state index in [-0.39, 0.29) is 10.8 Å². The van der Waals surface area contributed by atoms with Crippen molar-refractivity contribution in [1.29, 1.82) is 0 Å². The molecule has 0 aliphatic heterocycles. The highest BCUT2D eigenvalue weighted by Gasteiger charge is 2.23. The Labute approximate surface area is 138 Å². The quantitative estimate of drug-likeness (QED) is 0.759. The van der Waals surface area contributed by atoms with E-state index >= 15 is 0 Å². The topological polar surface area (TPSA) is 89.0 Å². The minimum atomic E-state index is -3.94. The summed E-state index contributed by atoms with van der Waals surface area (Å²) < 4.78 is 28.1. The lowest BCUT2D eigenvalue weighted by Gasteiger charge is -2.02. The minimum absolute atomic E-state index is 0.0248. The highest BCUT2D eigenvalue weighted by Crippen LogP contribution is 2.33. The first-order chi connectivity index (χ1) is 10.3. The summed E-state index contributed by atoms with van der Waals surface area (Å²) in [6.07, 6.45) is 0.0248. The molecule has 0 bridgehead atoms. The second-order valence-corrected chi connectivity index (χ2v) is 9.81. The lowest BCUT2D eigenvalue weighted by atomic mass is 10.2. The zero-order valence-electron chi connectivity index (χ0n) is 11.6. The fraction of sp³-hybridized carbons (Fsp3) is 0.250. The van der Waals surface area contributed by atoms with Crippen LogP contribution in [-0.2, 0) is 21.2 Å². The molecule has 3 aromatic heterocycles. The Bertz CT molecular complexity index is 951. The number of fused-ring (bicyclic) bond motifs is 1. The lowest BCUT2D eigenvalue weighted by Crippen LogP contribution is -2.31. The van der Waals surface area contributed by atoms with Gasteiger partial charge in [0.1, 0.15) is 5.01 Å². The predicted molar refractivity (Wildman–Crippen MR) is 88.1 cm³/mol. The molecule has 116 valence electrons. The Balaban J connectivity index is 1.77. The number of hydrogen-bond acceptors (Lipinski definition) is 8. The molecule has 0 aromatic carbocycles. The molecular weight excluding hydrogens is 362 g/mol. The fourth-order valence-corrected chi connectivity index (χ4v) is 6.14. The third kappa shape index (κ3) is 3.05. The summed E-state index contributed by atoms with van der Waals surface area (Å²) >= 11 is 4.09. The number of carbonyl (C=O) groups excluding carboxylic acids is 1. The van der Waals surface area contributed by atoms with Crippen LogP contribution in [0.3, 0.4) is 0 Å². The van der Waals surface area contributed by atoms with Crippen molar-refractivity contribution in [3.05, 3.63) is 26.9 Å². The summed E-state index contributed by atoms with van der Waals surface area (Å²) in [5.74, 6) is -0.571. The maximum atomic E-state index is 12.0. The van der Waals surface area contributed by atoms with Crippen molar-refractivity contribution in [3.63, 3.8) is 0 Å². The molecule has 22 heavy (non-hydrogen) atoms. The number of carbonyl (C=O) groups is 1. The van der Waals surface area contributed by atoms with Gasteiger partial charge in [-0.2, -0.15) is 8.42 Å². The van der Waals surface area contributed by atoms with Crippen LogP contribution in [-0.4, -0.2) is 24.5 Å². The summed E-state index contributed by atoms with van der Waals surface area (Å²) in [6, 6.07) is 2.06. The van der Waals surface area contributed by atoms with Gasteiger partial charge in [-0.3, -0.25) is 4.79 Å². The maximum Gasteiger partial charge on any atom is 0.293 e. The van der Waals surface area contributed by atoms with Gasteiger partial charge in [0.05, 0.1) is 6.42 Å². The maximum absolute atomic E-state index is 12.0. The van der Waals surface area contributed by atoms with Gasteiger partial charge < -0.3 is 0 Å². The van der Waals surface area contributed by atoms with Crippen LogP contribution >= 0.6 is 34.0 Å². The number of sulfonamides is 1. The van der Waals surface area contributed by atoms with E-state index in [0.29, 0.717) is 5.01 Å². The number of nitrogens with one attached hydrogen (secondary N) is 1. The molecule has 10 heteroatoms. The minimum Gasteiger partial charge on any atom is -0.274 e. The molecule has 0 atom stereocenters. The molecule has 0 saturated carbocycles. The normalized spacial score (nSPS) is 11.9. The van der Waals surface area contributed by atoms with Gasteiger partial charge >= 0.3 is 0 Å². The van der Waals surface area contributed by atoms with Crippen molar-refractivity contribution in [2.24, 2.45) is 0 Å². The first-order valence-electron chi connectivity index (χ1n) is 6.17. The standard InChI is InChI=1S/C12H11N3O3S4/c1-6-3-9-11(20-6)8(5-19-9)4-10(16)15-22(17,18)12-14-13-7(2)21-12/h3,5H,4H2,1-2H3,(H,15,16). The number of aryl methyl sites for hydroxylation is 2. The van der Waals surface area contributed by atoms with E-state index in [9.17, 15) is 13.2 Å². The number of hydrogen-bond donors (Lipinski definition) is 1. The molecule has 0 saturated heterocycles. The second kappa shape index (κ2) is 5.69. The molecule has 0 unspecified atom stereocenters. The van der Waals surface area contributed by atoms with Crippen molar-refractivity contribution in [2.45, 2.75) is 24.6 Å². The van der Waals surface area contributed by atoms with Crippen molar-refractivity contribution < 1.29 is 13.2 Å².